The summed E-state index contributed by atoms with van der Waals surface area (Å²) in [7, 11) is 1.65. The molecule has 0 spiro atoms. The number of ether oxygens (including phenoxy) is 1. The first-order valence-corrected chi connectivity index (χ1v) is 19.6. The summed E-state index contributed by atoms with van der Waals surface area (Å²) in [6.07, 6.45) is 6.83. The fraction of sp³-hybridized carbons (Fsp3) is 0.318. The maximum Gasteiger partial charge on any atom is 0.255 e. The number of alkyl halides is 1. The van der Waals surface area contributed by atoms with Crippen molar-refractivity contribution in [1.29, 1.82) is 0 Å². The Bertz CT molecular complexity index is 2470. The fourth-order valence-corrected chi connectivity index (χ4v) is 9.20. The predicted octanol–water partition coefficient (Wildman–Crippen LogP) is 7.83. The molecule has 2 bridgehead atoms. The van der Waals surface area contributed by atoms with Crippen LogP contribution in [-0.4, -0.2) is 99.2 Å². The minimum Gasteiger partial charge on any atom is -0.494 e. The van der Waals surface area contributed by atoms with Crippen LogP contribution in [0, 0.1) is 11.6 Å². The Labute approximate surface area is 334 Å². The number of nitrogens with zero attached hydrogens (tertiary/aromatic N) is 7. The van der Waals surface area contributed by atoms with Gasteiger partial charge in [0, 0.05) is 85.6 Å². The molecule has 3 aliphatic heterocycles. The molecule has 0 unspecified atom stereocenters. The number of rotatable bonds is 11. The zero-order chi connectivity index (χ0) is 40.0. The Kier molecular flexibility index (Phi) is 9.98. The molecule has 1 amide bonds. The van der Waals surface area contributed by atoms with E-state index in [2.05, 4.69) is 43.3 Å². The third-order valence-corrected chi connectivity index (χ3v) is 11.9. The van der Waals surface area contributed by atoms with Gasteiger partial charge in [0.2, 0.25) is 5.95 Å². The number of likely N-dealkylation sites (tertiary alicyclic amines) is 2. The monoisotopic (exact) mass is 787 g/mol. The van der Waals surface area contributed by atoms with Gasteiger partial charge in [-0.3, -0.25) is 19.0 Å². The van der Waals surface area contributed by atoms with Crippen LogP contribution in [0.15, 0.2) is 97.3 Å². The largest absolute Gasteiger partial charge is 0.494 e. The first-order valence-electron chi connectivity index (χ1n) is 19.6. The van der Waals surface area contributed by atoms with Crippen LogP contribution in [-0.2, 0) is 0 Å². The zero-order valence-electron chi connectivity index (χ0n) is 32.3. The maximum absolute atomic E-state index is 14.3. The van der Waals surface area contributed by atoms with Gasteiger partial charge in [0.1, 0.15) is 35.4 Å². The summed E-state index contributed by atoms with van der Waals surface area (Å²) >= 11 is 0. The van der Waals surface area contributed by atoms with Crippen molar-refractivity contribution >= 4 is 34.6 Å². The van der Waals surface area contributed by atoms with E-state index in [9.17, 15) is 18.0 Å². The molecule has 58 heavy (non-hydrogen) atoms. The number of piperazine rings is 1. The van der Waals surface area contributed by atoms with Crippen molar-refractivity contribution in [3.63, 3.8) is 0 Å². The maximum atomic E-state index is 14.3. The van der Waals surface area contributed by atoms with Gasteiger partial charge >= 0.3 is 0 Å². The molecule has 3 aliphatic rings. The van der Waals surface area contributed by atoms with E-state index >= 15 is 0 Å². The molecule has 9 rings (SSSR count). The van der Waals surface area contributed by atoms with Crippen molar-refractivity contribution in [2.45, 2.75) is 43.8 Å². The topological polar surface area (TPSA) is 103 Å². The number of imidazole rings is 1. The number of pyridine rings is 1. The van der Waals surface area contributed by atoms with Crippen LogP contribution >= 0.6 is 0 Å². The number of carbonyl (C=O) groups is 1. The second-order valence-electron chi connectivity index (χ2n) is 15.5. The van der Waals surface area contributed by atoms with Gasteiger partial charge in [-0.15, -0.1) is 0 Å². The van der Waals surface area contributed by atoms with E-state index < -0.39 is 23.2 Å². The van der Waals surface area contributed by atoms with Gasteiger partial charge in [-0.1, -0.05) is 24.3 Å². The highest BCUT2D eigenvalue weighted by Gasteiger charge is 2.53. The first kappa shape index (κ1) is 37.6. The molecular formula is C44H44F3N9O2. The van der Waals surface area contributed by atoms with Crippen LogP contribution in [0.3, 0.4) is 0 Å². The van der Waals surface area contributed by atoms with Crippen molar-refractivity contribution in [3.05, 3.63) is 115 Å². The van der Waals surface area contributed by atoms with Crippen LogP contribution in [0.2, 0.25) is 0 Å². The van der Waals surface area contributed by atoms with E-state index in [1.807, 2.05) is 47.0 Å². The normalized spacial score (nSPS) is 19.9. The van der Waals surface area contributed by atoms with Crippen LogP contribution in [0.5, 0.6) is 5.75 Å². The highest BCUT2D eigenvalue weighted by molar-refractivity contribution is 6.05. The number of methoxy groups -OCH3 is 1. The van der Waals surface area contributed by atoms with Gasteiger partial charge in [0.05, 0.1) is 29.9 Å². The second kappa shape index (κ2) is 15.4. The molecule has 6 heterocycles. The lowest BCUT2D eigenvalue weighted by Gasteiger charge is -2.47. The molecule has 2 N–H and O–H groups in total. The molecule has 6 aromatic rings. The average Bonchev–Trinajstić information content (AvgIpc) is 3.91. The quantitative estimate of drug-likeness (QED) is 0.136. The molecule has 3 aromatic heterocycles. The second-order valence-corrected chi connectivity index (χ2v) is 15.5. The van der Waals surface area contributed by atoms with Crippen LogP contribution in [0.4, 0.5) is 36.2 Å². The minimum absolute atomic E-state index is 0.132. The number of amides is 1. The van der Waals surface area contributed by atoms with Crippen LogP contribution < -0.4 is 20.3 Å². The Morgan fingerprint density at radius 1 is 0.948 bits per heavy atom. The van der Waals surface area contributed by atoms with Gasteiger partial charge in [0.25, 0.3) is 5.91 Å². The number of hydrogen-bond donors (Lipinski definition) is 2. The molecule has 3 fully saturated rings. The Morgan fingerprint density at radius 3 is 2.52 bits per heavy atom. The zero-order valence-corrected chi connectivity index (χ0v) is 32.3. The molecule has 11 nitrogen and oxygen atoms in total. The molecule has 0 radical (unpaired) electrons. The number of aromatic nitrogens is 4. The number of nitrogens with one attached hydrogen (secondary N) is 2. The van der Waals surface area contributed by atoms with E-state index in [1.54, 1.807) is 37.6 Å². The lowest BCUT2D eigenvalue weighted by molar-refractivity contribution is 0.0294. The lowest BCUT2D eigenvalue weighted by atomic mass is 9.95. The average molecular weight is 788 g/mol. The Morgan fingerprint density at radius 2 is 1.76 bits per heavy atom. The molecule has 298 valence electrons. The van der Waals surface area contributed by atoms with Crippen LogP contribution in [0.1, 0.15) is 36.5 Å². The van der Waals surface area contributed by atoms with Crippen molar-refractivity contribution in [2.75, 3.05) is 62.0 Å². The highest BCUT2D eigenvalue weighted by atomic mass is 19.1. The van der Waals surface area contributed by atoms with Gasteiger partial charge in [-0.2, -0.15) is 0 Å². The molecular weight excluding hydrogens is 744 g/mol. The molecule has 0 saturated carbocycles. The summed E-state index contributed by atoms with van der Waals surface area (Å²) < 4.78 is 49.6. The van der Waals surface area contributed by atoms with Gasteiger partial charge in [0.15, 0.2) is 0 Å². The number of hydrogen-bond acceptors (Lipinski definition) is 9. The highest BCUT2D eigenvalue weighted by Crippen LogP contribution is 2.43. The fourth-order valence-electron chi connectivity index (χ4n) is 9.20. The van der Waals surface area contributed by atoms with Gasteiger partial charge in [-0.25, -0.2) is 28.1 Å². The standard InChI is InChI=1S/C44H44F3N9O2/c1-44-25-32(54(27-44)22-17-45)26-56(44)30-15-20-53(21-16-30)31-12-13-35(37(24-31)58-2)49-43-48-18-14-36(50-43)41-39(51-38-11-3-4-19-55(38)41)28-7-5-8-29(23-28)42(57)52-40-33(46)9-6-10-34(40)47/h3-14,18-19,23-24,30,32H,15-17,20-22,25-27H2,1-2H3,(H,52,57)(H,48,49,50)/t32-,44-/m0/s1. The number of anilines is 4. The minimum atomic E-state index is -0.867. The molecule has 3 saturated heterocycles. The summed E-state index contributed by atoms with van der Waals surface area (Å²) in [6, 6.07) is 24.7. The van der Waals surface area contributed by atoms with Gasteiger partial charge < -0.3 is 20.3 Å². The molecule has 0 aliphatic carbocycles. The summed E-state index contributed by atoms with van der Waals surface area (Å²) in [6.45, 7) is 6.49. The van der Waals surface area contributed by atoms with E-state index in [0.29, 0.717) is 64.3 Å². The van der Waals surface area contributed by atoms with E-state index in [0.717, 1.165) is 63.3 Å². The van der Waals surface area contributed by atoms with E-state index in [4.69, 9.17) is 14.7 Å². The summed E-state index contributed by atoms with van der Waals surface area (Å²) in [5.41, 5.74) is 4.67. The number of carbonyl (C=O) groups excluding carboxylic acids is 1. The van der Waals surface area contributed by atoms with E-state index in [-0.39, 0.29) is 17.8 Å². The van der Waals surface area contributed by atoms with Crippen molar-refractivity contribution in [1.82, 2.24) is 29.2 Å². The number of fused-ring (bicyclic) bond motifs is 3. The first-order chi connectivity index (χ1) is 28.2. The van der Waals surface area contributed by atoms with Crippen molar-refractivity contribution in [3.8, 4) is 28.4 Å². The Hall–Kier alpha value is -5.99. The Balaban J connectivity index is 0.931. The lowest BCUT2D eigenvalue weighted by Crippen LogP contribution is -2.58. The third-order valence-electron chi connectivity index (χ3n) is 11.9. The number of para-hydroxylation sites is 1. The molecule has 2 atom stereocenters. The molecule has 14 heteroatoms. The molecule has 3 aromatic carbocycles. The smallest absolute Gasteiger partial charge is 0.255 e. The SMILES string of the molecule is COc1cc(N2CCC(N3C[C@@H]4C[C@@]3(C)CN4CCF)CC2)ccc1Nc1nccc(-c2c(-c3cccc(C(=O)Nc4c(F)cccc4F)c3)nc3ccccn23)n1. The van der Waals surface area contributed by atoms with Crippen LogP contribution in [0.25, 0.3) is 28.3 Å². The number of benzene rings is 3. The predicted molar refractivity (Wildman–Crippen MR) is 219 cm³/mol. The van der Waals surface area contributed by atoms with Crippen molar-refractivity contribution < 1.29 is 22.7 Å². The number of piperidine rings is 1. The number of halogens is 3. The summed E-state index contributed by atoms with van der Waals surface area (Å²) in [4.78, 5) is 35.0. The van der Waals surface area contributed by atoms with E-state index in [1.165, 1.54) is 6.07 Å². The van der Waals surface area contributed by atoms with Gasteiger partial charge in [-0.05, 0) is 80.8 Å². The third kappa shape index (κ3) is 7.00. The summed E-state index contributed by atoms with van der Waals surface area (Å²) in [5, 5.41) is 5.71. The van der Waals surface area contributed by atoms with Crippen molar-refractivity contribution in [2.24, 2.45) is 0 Å². The summed E-state index contributed by atoms with van der Waals surface area (Å²) in [5.74, 6) is -1.39.